The molecule has 5 rings (SSSR count). The van der Waals surface area contributed by atoms with Gasteiger partial charge in [-0.2, -0.15) is 0 Å². The van der Waals surface area contributed by atoms with E-state index in [0.717, 1.165) is 40.6 Å². The predicted octanol–water partition coefficient (Wildman–Crippen LogP) is 4.14. The molecule has 25 heavy (non-hydrogen) atoms. The SMILES string of the molecule is COc1ccccc1-c1nc2c3c4c(sc3ncn2n1)C[C@H](C)CC4. The van der Waals surface area contributed by atoms with Gasteiger partial charge in [0.15, 0.2) is 11.5 Å². The molecule has 0 radical (unpaired) electrons. The lowest BCUT2D eigenvalue weighted by molar-refractivity contribution is 0.416. The van der Waals surface area contributed by atoms with Gasteiger partial charge in [-0.3, -0.25) is 0 Å². The highest BCUT2D eigenvalue weighted by Gasteiger charge is 2.24. The lowest BCUT2D eigenvalue weighted by atomic mass is 9.89. The molecule has 6 heteroatoms. The Bertz CT molecular complexity index is 1100. The molecule has 0 amide bonds. The molecule has 0 N–H and O–H groups in total. The molecule has 1 aliphatic rings. The molecular weight excluding hydrogens is 332 g/mol. The number of para-hydroxylation sites is 1. The molecule has 1 atom stereocenters. The largest absolute Gasteiger partial charge is 0.496 e. The van der Waals surface area contributed by atoms with E-state index < -0.39 is 0 Å². The standard InChI is InChI=1S/C19H18N4OS/c1-11-7-8-13-15(9-11)25-19-16(13)18-21-17(22-23(18)10-20-19)12-5-3-4-6-14(12)24-2/h3-6,10-11H,7-9H2,1-2H3/t11-/m1/s1. The summed E-state index contributed by atoms with van der Waals surface area (Å²) in [4.78, 5) is 12.0. The van der Waals surface area contributed by atoms with Crippen molar-refractivity contribution in [2.24, 2.45) is 5.92 Å². The molecule has 4 aromatic rings. The van der Waals surface area contributed by atoms with Gasteiger partial charge >= 0.3 is 0 Å². The maximum absolute atomic E-state index is 5.47. The maximum Gasteiger partial charge on any atom is 0.185 e. The van der Waals surface area contributed by atoms with E-state index in [4.69, 9.17) is 9.72 Å². The summed E-state index contributed by atoms with van der Waals surface area (Å²) < 4.78 is 7.27. The molecule has 1 aromatic carbocycles. The van der Waals surface area contributed by atoms with Crippen LogP contribution in [0.15, 0.2) is 30.6 Å². The van der Waals surface area contributed by atoms with E-state index in [1.54, 1.807) is 18.0 Å². The topological polar surface area (TPSA) is 52.3 Å². The second-order valence-corrected chi connectivity index (χ2v) is 7.76. The Morgan fingerprint density at radius 2 is 2.16 bits per heavy atom. The summed E-state index contributed by atoms with van der Waals surface area (Å²) >= 11 is 1.81. The minimum absolute atomic E-state index is 0.677. The highest BCUT2D eigenvalue weighted by atomic mass is 32.1. The second kappa shape index (κ2) is 5.52. The zero-order valence-corrected chi connectivity index (χ0v) is 15.0. The third kappa shape index (κ3) is 2.24. The van der Waals surface area contributed by atoms with Crippen molar-refractivity contribution in [3.8, 4) is 17.1 Å². The molecule has 126 valence electrons. The molecule has 0 aliphatic heterocycles. The average molecular weight is 350 g/mol. The van der Waals surface area contributed by atoms with Gasteiger partial charge in [0.2, 0.25) is 0 Å². The van der Waals surface area contributed by atoms with Crippen LogP contribution in [0, 0.1) is 5.92 Å². The monoisotopic (exact) mass is 350 g/mol. The molecule has 1 aliphatic carbocycles. The van der Waals surface area contributed by atoms with Gasteiger partial charge in [-0.15, -0.1) is 16.4 Å². The van der Waals surface area contributed by atoms with Gasteiger partial charge in [0.25, 0.3) is 0 Å². The normalized spacial score (nSPS) is 17.1. The highest BCUT2D eigenvalue weighted by Crippen LogP contribution is 2.39. The summed E-state index contributed by atoms with van der Waals surface area (Å²) in [7, 11) is 1.67. The Balaban J connectivity index is 1.76. The number of thiophene rings is 1. The maximum atomic E-state index is 5.47. The van der Waals surface area contributed by atoms with E-state index >= 15 is 0 Å². The van der Waals surface area contributed by atoms with Crippen molar-refractivity contribution in [2.45, 2.75) is 26.2 Å². The third-order valence-corrected chi connectivity index (χ3v) is 6.14. The zero-order valence-electron chi connectivity index (χ0n) is 14.2. The van der Waals surface area contributed by atoms with E-state index in [0.29, 0.717) is 5.82 Å². The lowest BCUT2D eigenvalue weighted by Gasteiger charge is -2.17. The van der Waals surface area contributed by atoms with Gasteiger partial charge in [0, 0.05) is 4.88 Å². The van der Waals surface area contributed by atoms with E-state index in [2.05, 4.69) is 17.0 Å². The lowest BCUT2D eigenvalue weighted by Crippen LogP contribution is -2.08. The van der Waals surface area contributed by atoms with E-state index in [1.807, 2.05) is 35.6 Å². The molecule has 3 aromatic heterocycles. The fourth-order valence-electron chi connectivity index (χ4n) is 3.68. The van der Waals surface area contributed by atoms with Crippen LogP contribution in [0.5, 0.6) is 5.75 Å². The molecule has 3 heterocycles. The quantitative estimate of drug-likeness (QED) is 0.545. The smallest absolute Gasteiger partial charge is 0.185 e. The molecule has 0 unspecified atom stereocenters. The molecule has 5 nitrogen and oxygen atoms in total. The molecule has 0 fully saturated rings. The number of benzene rings is 1. The number of hydrogen-bond acceptors (Lipinski definition) is 5. The first kappa shape index (κ1) is 14.8. The van der Waals surface area contributed by atoms with Crippen molar-refractivity contribution in [3.05, 3.63) is 41.0 Å². The third-order valence-electron chi connectivity index (χ3n) is 4.98. The Morgan fingerprint density at radius 3 is 3.04 bits per heavy atom. The van der Waals surface area contributed by atoms with Gasteiger partial charge in [-0.05, 0) is 42.9 Å². The van der Waals surface area contributed by atoms with Crippen molar-refractivity contribution in [3.63, 3.8) is 0 Å². The number of rotatable bonds is 2. The number of nitrogens with zero attached hydrogens (tertiary/aromatic N) is 4. The van der Waals surface area contributed by atoms with Crippen LogP contribution in [0.2, 0.25) is 0 Å². The van der Waals surface area contributed by atoms with Crippen molar-refractivity contribution in [1.82, 2.24) is 19.6 Å². The minimum Gasteiger partial charge on any atom is -0.496 e. The summed E-state index contributed by atoms with van der Waals surface area (Å²) in [6, 6.07) is 7.85. The zero-order chi connectivity index (χ0) is 17.0. The summed E-state index contributed by atoms with van der Waals surface area (Å²) in [6.07, 6.45) is 5.26. The Hall–Kier alpha value is -2.47. The minimum atomic E-state index is 0.677. The van der Waals surface area contributed by atoms with Crippen molar-refractivity contribution in [1.29, 1.82) is 0 Å². The number of fused-ring (bicyclic) bond motifs is 5. The number of aryl methyl sites for hydroxylation is 1. The average Bonchev–Trinajstić information content (AvgIpc) is 3.21. The van der Waals surface area contributed by atoms with Crippen LogP contribution >= 0.6 is 11.3 Å². The number of methoxy groups -OCH3 is 1. The molecule has 0 spiro atoms. The van der Waals surface area contributed by atoms with Crippen LogP contribution in [0.25, 0.3) is 27.3 Å². The van der Waals surface area contributed by atoms with Gasteiger partial charge in [-0.25, -0.2) is 14.5 Å². The van der Waals surface area contributed by atoms with Crippen molar-refractivity contribution < 1.29 is 4.74 Å². The van der Waals surface area contributed by atoms with Crippen molar-refractivity contribution >= 4 is 27.2 Å². The molecule has 0 bridgehead atoms. The summed E-state index contributed by atoms with van der Waals surface area (Å²) in [5.41, 5.74) is 3.23. The molecule has 0 saturated carbocycles. The highest BCUT2D eigenvalue weighted by molar-refractivity contribution is 7.19. The van der Waals surface area contributed by atoms with Crippen LogP contribution in [-0.4, -0.2) is 26.7 Å². The molecular formula is C19H18N4OS. The first-order valence-electron chi connectivity index (χ1n) is 8.53. The van der Waals surface area contributed by atoms with Crippen LogP contribution < -0.4 is 4.74 Å². The number of ether oxygens (including phenoxy) is 1. The summed E-state index contributed by atoms with van der Waals surface area (Å²) in [6.45, 7) is 2.33. The number of aromatic nitrogens is 4. The Kier molecular flexibility index (Phi) is 3.28. The summed E-state index contributed by atoms with van der Waals surface area (Å²) in [5.74, 6) is 2.21. The van der Waals surface area contributed by atoms with E-state index in [-0.39, 0.29) is 0 Å². The van der Waals surface area contributed by atoms with E-state index in [1.165, 1.54) is 22.2 Å². The molecule has 0 saturated heterocycles. The van der Waals surface area contributed by atoms with Gasteiger partial charge in [-0.1, -0.05) is 19.1 Å². The fourth-order valence-corrected chi connectivity index (χ4v) is 5.03. The van der Waals surface area contributed by atoms with Gasteiger partial charge in [0.1, 0.15) is 16.9 Å². The van der Waals surface area contributed by atoms with Crippen LogP contribution in [0.3, 0.4) is 0 Å². The van der Waals surface area contributed by atoms with Crippen LogP contribution in [0.4, 0.5) is 0 Å². The number of hydrogen-bond donors (Lipinski definition) is 0. The second-order valence-electron chi connectivity index (χ2n) is 6.68. The van der Waals surface area contributed by atoms with Crippen molar-refractivity contribution in [2.75, 3.05) is 7.11 Å². The summed E-state index contributed by atoms with van der Waals surface area (Å²) in [5, 5.41) is 5.84. The Labute approximate surface area is 149 Å². The fraction of sp³-hybridized carbons (Fsp3) is 0.316. The van der Waals surface area contributed by atoms with Crippen LogP contribution in [-0.2, 0) is 12.8 Å². The predicted molar refractivity (Wildman–Crippen MR) is 99.3 cm³/mol. The van der Waals surface area contributed by atoms with Crippen LogP contribution in [0.1, 0.15) is 23.8 Å². The first-order valence-corrected chi connectivity index (χ1v) is 9.35. The van der Waals surface area contributed by atoms with E-state index in [9.17, 15) is 0 Å². The van der Waals surface area contributed by atoms with Gasteiger partial charge < -0.3 is 4.74 Å². The van der Waals surface area contributed by atoms with Gasteiger partial charge in [0.05, 0.1) is 18.1 Å². The Morgan fingerprint density at radius 1 is 1.28 bits per heavy atom. The first-order chi connectivity index (χ1) is 12.2.